The summed E-state index contributed by atoms with van der Waals surface area (Å²) in [6, 6.07) is 6.21. The summed E-state index contributed by atoms with van der Waals surface area (Å²) in [5, 5.41) is 0. The topological polar surface area (TPSA) is 69.7 Å². The number of hydrogen-bond donors (Lipinski definition) is 0. The zero-order valence-corrected chi connectivity index (χ0v) is 18.7. The quantitative estimate of drug-likeness (QED) is 0.371. The van der Waals surface area contributed by atoms with Gasteiger partial charge in [0.15, 0.2) is 9.84 Å². The van der Waals surface area contributed by atoms with Gasteiger partial charge in [-0.25, -0.2) is 8.42 Å². The minimum atomic E-state index is -3.20. The molecule has 0 heterocycles. The molecule has 1 rings (SSSR count). The van der Waals surface area contributed by atoms with Crippen LogP contribution in [0.15, 0.2) is 29.2 Å². The number of carbonyl (C=O) groups excluding carboxylic acids is 1. The monoisotopic (exact) mass is 438 g/mol. The minimum absolute atomic E-state index is 0.180. The van der Waals surface area contributed by atoms with Gasteiger partial charge in [-0.2, -0.15) is 0 Å². The van der Waals surface area contributed by atoms with Crippen molar-refractivity contribution in [3.8, 4) is 53.1 Å². The standard InChI is InChI=1S/C25H26O5S/c1-3-29-25(26)17-15-13-11-9-7-5-4-6-8-10-12-14-16-22-30-23-18-20-24(21-19-23)31(2,27)28/h18-21H,3,6-7,12-13,15,17,22H2,1-2H3. The first-order chi connectivity index (χ1) is 14.9. The average molecular weight is 439 g/mol. The van der Waals surface area contributed by atoms with E-state index in [0.717, 1.165) is 6.26 Å². The van der Waals surface area contributed by atoms with Crippen LogP contribution in [0, 0.1) is 47.4 Å². The fourth-order valence-corrected chi connectivity index (χ4v) is 2.73. The van der Waals surface area contributed by atoms with Crippen LogP contribution in [0.25, 0.3) is 0 Å². The molecule has 1 aromatic rings. The van der Waals surface area contributed by atoms with Gasteiger partial charge >= 0.3 is 5.97 Å². The van der Waals surface area contributed by atoms with Gasteiger partial charge in [0, 0.05) is 19.1 Å². The molecule has 162 valence electrons. The van der Waals surface area contributed by atoms with E-state index >= 15 is 0 Å². The van der Waals surface area contributed by atoms with E-state index in [9.17, 15) is 13.2 Å². The number of ether oxygens (including phenoxy) is 2. The van der Waals surface area contributed by atoms with E-state index in [-0.39, 0.29) is 17.5 Å². The third kappa shape index (κ3) is 13.5. The van der Waals surface area contributed by atoms with E-state index in [1.165, 1.54) is 12.1 Å². The van der Waals surface area contributed by atoms with Gasteiger partial charge < -0.3 is 9.47 Å². The van der Waals surface area contributed by atoms with Crippen molar-refractivity contribution in [2.24, 2.45) is 0 Å². The summed E-state index contributed by atoms with van der Waals surface area (Å²) in [5.74, 6) is 23.8. The smallest absolute Gasteiger partial charge is 0.305 e. The third-order valence-corrected chi connectivity index (χ3v) is 4.71. The van der Waals surface area contributed by atoms with Crippen molar-refractivity contribution in [3.05, 3.63) is 24.3 Å². The predicted molar refractivity (Wildman–Crippen MR) is 120 cm³/mol. The van der Waals surface area contributed by atoms with Gasteiger partial charge in [-0.05, 0) is 37.6 Å². The lowest BCUT2D eigenvalue weighted by Gasteiger charge is -2.02. The highest BCUT2D eigenvalue weighted by molar-refractivity contribution is 7.90. The van der Waals surface area contributed by atoms with Crippen LogP contribution in [-0.2, 0) is 19.4 Å². The van der Waals surface area contributed by atoms with Gasteiger partial charge in [-0.1, -0.05) is 41.4 Å². The SMILES string of the molecule is CCOC(=O)CCCC#CCC#CCC#CCC#CCOc1ccc(S(C)(=O)=O)cc1. The maximum absolute atomic E-state index is 11.4. The summed E-state index contributed by atoms with van der Waals surface area (Å²) in [6.45, 7) is 2.41. The molecule has 0 aliphatic heterocycles. The van der Waals surface area contributed by atoms with Gasteiger partial charge in [0.1, 0.15) is 12.4 Å². The normalized spacial score (nSPS) is 9.35. The summed E-state index contributed by atoms with van der Waals surface area (Å²) < 4.78 is 33.0. The Balaban J connectivity index is 2.15. The average Bonchev–Trinajstić information content (AvgIpc) is 2.73. The molecule has 0 unspecified atom stereocenters. The highest BCUT2D eigenvalue weighted by atomic mass is 32.2. The molecule has 0 saturated carbocycles. The Labute approximate surface area is 185 Å². The van der Waals surface area contributed by atoms with Crippen LogP contribution < -0.4 is 4.74 Å². The molecule has 0 N–H and O–H groups in total. The number of benzene rings is 1. The van der Waals surface area contributed by atoms with Gasteiger partial charge in [-0.15, -0.1) is 5.92 Å². The predicted octanol–water partition coefficient (Wildman–Crippen LogP) is 3.39. The van der Waals surface area contributed by atoms with Crippen LogP contribution >= 0.6 is 0 Å². The molecule has 0 amide bonds. The molecule has 0 saturated heterocycles. The maximum atomic E-state index is 11.4. The van der Waals surface area contributed by atoms with E-state index in [2.05, 4.69) is 47.4 Å². The molecule has 0 aliphatic rings. The number of carbonyl (C=O) groups is 1. The lowest BCUT2D eigenvalue weighted by Crippen LogP contribution is -2.02. The van der Waals surface area contributed by atoms with Crippen molar-refractivity contribution < 1.29 is 22.7 Å². The van der Waals surface area contributed by atoms with Crippen LogP contribution in [-0.4, -0.2) is 33.9 Å². The number of esters is 1. The minimum Gasteiger partial charge on any atom is -0.481 e. The highest BCUT2D eigenvalue weighted by Crippen LogP contribution is 2.15. The lowest BCUT2D eigenvalue weighted by molar-refractivity contribution is -0.143. The van der Waals surface area contributed by atoms with Gasteiger partial charge in [0.05, 0.1) is 30.8 Å². The summed E-state index contributed by atoms with van der Waals surface area (Å²) in [5.41, 5.74) is 0. The van der Waals surface area contributed by atoms with E-state index in [0.29, 0.717) is 50.9 Å². The van der Waals surface area contributed by atoms with Gasteiger partial charge in [0.2, 0.25) is 0 Å². The second-order valence-electron chi connectivity index (χ2n) is 6.14. The Bertz CT molecular complexity index is 1050. The molecular weight excluding hydrogens is 412 g/mol. The number of sulfone groups is 1. The molecule has 0 bridgehead atoms. The largest absolute Gasteiger partial charge is 0.481 e. The van der Waals surface area contributed by atoms with E-state index in [4.69, 9.17) is 9.47 Å². The first-order valence-corrected chi connectivity index (χ1v) is 11.7. The van der Waals surface area contributed by atoms with Crippen LogP contribution in [0.2, 0.25) is 0 Å². The molecule has 1 aromatic carbocycles. The fourth-order valence-electron chi connectivity index (χ4n) is 2.10. The van der Waals surface area contributed by atoms with Crippen LogP contribution in [0.4, 0.5) is 0 Å². The van der Waals surface area contributed by atoms with Crippen molar-refractivity contribution in [2.75, 3.05) is 19.5 Å². The van der Waals surface area contributed by atoms with Crippen molar-refractivity contribution in [1.29, 1.82) is 0 Å². The molecule has 6 heteroatoms. The van der Waals surface area contributed by atoms with Crippen molar-refractivity contribution in [3.63, 3.8) is 0 Å². The molecule has 0 atom stereocenters. The molecule has 31 heavy (non-hydrogen) atoms. The van der Waals surface area contributed by atoms with E-state index in [1.54, 1.807) is 19.1 Å². The fraction of sp³-hybridized carbons (Fsp3) is 0.400. The maximum Gasteiger partial charge on any atom is 0.305 e. The van der Waals surface area contributed by atoms with Crippen LogP contribution in [0.3, 0.4) is 0 Å². The Morgan fingerprint density at radius 1 is 0.871 bits per heavy atom. The first kappa shape index (κ1) is 25.7. The zero-order valence-electron chi connectivity index (χ0n) is 17.9. The summed E-state index contributed by atoms with van der Waals surface area (Å²) >= 11 is 0. The van der Waals surface area contributed by atoms with Gasteiger partial charge in [0.25, 0.3) is 0 Å². The molecule has 0 radical (unpaired) electrons. The molecule has 0 aromatic heterocycles. The third-order valence-electron chi connectivity index (χ3n) is 3.58. The number of unbranched alkanes of at least 4 members (excludes halogenated alkanes) is 1. The Morgan fingerprint density at radius 3 is 1.97 bits per heavy atom. The number of hydrogen-bond acceptors (Lipinski definition) is 5. The van der Waals surface area contributed by atoms with Crippen LogP contribution in [0.5, 0.6) is 5.75 Å². The van der Waals surface area contributed by atoms with E-state index < -0.39 is 9.84 Å². The Hall–Kier alpha value is -3.32. The molecule has 5 nitrogen and oxygen atoms in total. The highest BCUT2D eigenvalue weighted by Gasteiger charge is 2.05. The second kappa shape index (κ2) is 15.5. The Kier molecular flexibility index (Phi) is 12.9. The first-order valence-electron chi connectivity index (χ1n) is 9.85. The zero-order chi connectivity index (χ0) is 22.8. The summed E-state index contributed by atoms with van der Waals surface area (Å²) in [6.07, 6.45) is 4.31. The van der Waals surface area contributed by atoms with Crippen molar-refractivity contribution >= 4 is 15.8 Å². The van der Waals surface area contributed by atoms with Crippen molar-refractivity contribution in [2.45, 2.75) is 50.3 Å². The lowest BCUT2D eigenvalue weighted by atomic mass is 10.2. The number of rotatable bonds is 7. The summed E-state index contributed by atoms with van der Waals surface area (Å²) in [4.78, 5) is 11.4. The van der Waals surface area contributed by atoms with Crippen molar-refractivity contribution in [1.82, 2.24) is 0 Å². The van der Waals surface area contributed by atoms with E-state index in [1.807, 2.05) is 0 Å². The molecular formula is C25H26O5S. The summed E-state index contributed by atoms with van der Waals surface area (Å²) in [7, 11) is -3.20. The second-order valence-corrected chi connectivity index (χ2v) is 8.15. The van der Waals surface area contributed by atoms with Crippen LogP contribution in [0.1, 0.15) is 45.4 Å². The Morgan fingerprint density at radius 2 is 1.42 bits per heavy atom. The molecule has 0 fully saturated rings. The molecule has 0 spiro atoms. The molecule has 0 aliphatic carbocycles. The van der Waals surface area contributed by atoms with Gasteiger partial charge in [-0.3, -0.25) is 4.79 Å².